The highest BCUT2D eigenvalue weighted by atomic mass is 32.2. The van der Waals surface area contributed by atoms with Gasteiger partial charge in [-0.05, 0) is 114 Å². The van der Waals surface area contributed by atoms with Gasteiger partial charge in [0.15, 0.2) is 0 Å². The van der Waals surface area contributed by atoms with Crippen LogP contribution in [0.1, 0.15) is 239 Å². The molecule has 0 unspecified atom stereocenters. The minimum Gasteiger partial charge on any atom is -0.207 e. The number of benzene rings is 4. The number of sulfonamides is 3. The molecule has 1 aliphatic rings. The molecule has 0 bridgehead atoms. The molecule has 0 saturated heterocycles. The first-order valence-corrected chi connectivity index (χ1v) is 31.2. The van der Waals surface area contributed by atoms with E-state index in [4.69, 9.17) is 0 Å². The minimum absolute atomic E-state index is 0.0462. The van der Waals surface area contributed by atoms with E-state index >= 15 is 25.3 Å². The van der Waals surface area contributed by atoms with Crippen molar-refractivity contribution in [3.63, 3.8) is 0 Å². The third kappa shape index (κ3) is 13.4. The van der Waals surface area contributed by atoms with Crippen molar-refractivity contribution in [1.29, 1.82) is 0 Å². The molecular weight excluding hydrogens is 967 g/mol. The maximum absolute atomic E-state index is 15.8. The molecule has 402 valence electrons. The molecule has 12 heteroatoms. The molecule has 0 atom stereocenters. The number of nitrogens with zero attached hydrogens (tertiary/aromatic N) is 3. The van der Waals surface area contributed by atoms with Crippen LogP contribution in [-0.2, 0) is 43.2 Å². The van der Waals surface area contributed by atoms with Gasteiger partial charge < -0.3 is 0 Å². The van der Waals surface area contributed by atoms with E-state index in [0.29, 0.717) is 25.8 Å². The SMILES string of the molecule is CC(C)c1cc(C(C)C)c(S(=O)(=O)N2C/C=C/CN(S(=O)(=O)c3c(C(C)C)cc(C(C)C)cc3C(C)C)Cc3ccccc3CN(S(=O)(=O)c3c(C(C)C)cc(C(C)C)cc3C(C)C)C/C=C/C2)c(C(C)C)c1. The predicted molar refractivity (Wildman–Crippen MR) is 305 cm³/mol. The Kier molecular flexibility index (Phi) is 20.0. The summed E-state index contributed by atoms with van der Waals surface area (Å²) in [6.45, 7) is 36.7. The standard InChI is InChI=1S/C61H89N3O6S3/c1-39(2)50-31-53(42(7)8)59(54(32-50)43(9)10)71(65,66)62-27-21-23-29-63(72(67,68)60-55(44(11)12)33-51(40(3)4)34-56(60)45(13)14)37-48-25-19-20-26-49(48)38-64(30-24-22-28-62)73(69,70)61-57(46(15)16)35-52(41(5)6)36-58(61)47(17)18/h19-26,31-36,39-47H,27-30,37-38H2,1-18H3/b23-21+,24-22+. The first-order valence-electron chi connectivity index (χ1n) is 26.8. The van der Waals surface area contributed by atoms with E-state index in [1.54, 1.807) is 24.3 Å². The second-order valence-corrected chi connectivity index (χ2v) is 28.7. The first-order chi connectivity index (χ1) is 33.9. The third-order valence-corrected chi connectivity index (χ3v) is 20.3. The molecule has 0 aromatic heterocycles. The zero-order valence-corrected chi connectivity index (χ0v) is 50.0. The van der Waals surface area contributed by atoms with Gasteiger partial charge in [0.05, 0.1) is 14.7 Å². The molecule has 73 heavy (non-hydrogen) atoms. The van der Waals surface area contributed by atoms with Gasteiger partial charge in [-0.25, -0.2) is 25.3 Å². The zero-order chi connectivity index (χ0) is 54.7. The van der Waals surface area contributed by atoms with Gasteiger partial charge in [0.25, 0.3) is 0 Å². The van der Waals surface area contributed by atoms with Crippen LogP contribution in [0, 0.1) is 0 Å². The molecule has 0 spiro atoms. The molecule has 1 aliphatic heterocycles. The smallest absolute Gasteiger partial charge is 0.207 e. The fourth-order valence-corrected chi connectivity index (χ4v) is 15.8. The summed E-state index contributed by atoms with van der Waals surface area (Å²) < 4.78 is 98.4. The molecule has 0 radical (unpaired) electrons. The lowest BCUT2D eigenvalue weighted by Gasteiger charge is -2.30. The molecule has 0 aliphatic carbocycles. The fraction of sp³-hybridized carbons (Fsp3) is 0.541. The van der Waals surface area contributed by atoms with Gasteiger partial charge >= 0.3 is 0 Å². The maximum atomic E-state index is 15.8. The lowest BCUT2D eigenvalue weighted by Crippen LogP contribution is -2.35. The summed E-state index contributed by atoms with van der Waals surface area (Å²) in [4.78, 5) is 0.885. The summed E-state index contributed by atoms with van der Waals surface area (Å²) in [6.07, 6.45) is 7.06. The van der Waals surface area contributed by atoms with Gasteiger partial charge in [0.1, 0.15) is 0 Å². The predicted octanol–water partition coefficient (Wildman–Crippen LogP) is 15.0. The van der Waals surface area contributed by atoms with Crippen molar-refractivity contribution in [2.24, 2.45) is 0 Å². The van der Waals surface area contributed by atoms with Gasteiger partial charge in [-0.2, -0.15) is 12.9 Å². The van der Waals surface area contributed by atoms with Crippen molar-refractivity contribution in [3.05, 3.63) is 146 Å². The highest BCUT2D eigenvalue weighted by Crippen LogP contribution is 2.41. The number of hydrogen-bond donors (Lipinski definition) is 0. The zero-order valence-electron chi connectivity index (χ0n) is 47.5. The average molecular weight is 1060 g/mol. The molecule has 0 N–H and O–H groups in total. The number of rotatable bonds is 15. The van der Waals surface area contributed by atoms with Gasteiger partial charge in [-0.3, -0.25) is 0 Å². The third-order valence-electron chi connectivity index (χ3n) is 14.4. The average Bonchev–Trinajstić information content (AvgIpc) is 3.31. The number of fused-ring (bicyclic) bond motifs is 1. The molecule has 1 heterocycles. The van der Waals surface area contributed by atoms with Crippen molar-refractivity contribution in [2.75, 3.05) is 26.2 Å². The summed E-state index contributed by atoms with van der Waals surface area (Å²) in [6, 6.07) is 19.8. The lowest BCUT2D eigenvalue weighted by atomic mass is 9.89. The van der Waals surface area contributed by atoms with Crippen molar-refractivity contribution < 1.29 is 25.3 Å². The van der Waals surface area contributed by atoms with Crippen LogP contribution in [0.2, 0.25) is 0 Å². The molecule has 5 rings (SSSR count). The molecule has 0 saturated carbocycles. The second-order valence-electron chi connectivity index (χ2n) is 23.1. The van der Waals surface area contributed by atoms with Crippen LogP contribution < -0.4 is 0 Å². The molecule has 9 nitrogen and oxygen atoms in total. The Labute approximate surface area is 443 Å². The summed E-state index contributed by atoms with van der Waals surface area (Å²) in [5, 5.41) is 0. The maximum Gasteiger partial charge on any atom is 0.244 e. The summed E-state index contributed by atoms with van der Waals surface area (Å²) in [5.41, 5.74) is 9.08. The Bertz CT molecular complexity index is 2740. The fourth-order valence-electron chi connectivity index (χ4n) is 9.73. The van der Waals surface area contributed by atoms with Crippen LogP contribution in [0.15, 0.2) is 99.7 Å². The highest BCUT2D eigenvalue weighted by Gasteiger charge is 2.36. The van der Waals surface area contributed by atoms with E-state index in [0.717, 1.165) is 50.1 Å². The molecule has 4 aromatic carbocycles. The molecule has 0 fully saturated rings. The highest BCUT2D eigenvalue weighted by molar-refractivity contribution is 7.89. The van der Waals surface area contributed by atoms with E-state index in [-0.39, 0.29) is 92.5 Å². The van der Waals surface area contributed by atoms with E-state index in [1.807, 2.05) is 144 Å². The minimum atomic E-state index is -4.26. The number of hydrogen-bond acceptors (Lipinski definition) is 6. The van der Waals surface area contributed by atoms with Gasteiger partial charge in [-0.15, -0.1) is 0 Å². The van der Waals surface area contributed by atoms with Crippen LogP contribution in [0.25, 0.3) is 0 Å². The topological polar surface area (TPSA) is 112 Å². The summed E-state index contributed by atoms with van der Waals surface area (Å²) >= 11 is 0. The van der Waals surface area contributed by atoms with Gasteiger partial charge in [-0.1, -0.05) is 210 Å². The molecular formula is C61H89N3O6S3. The van der Waals surface area contributed by atoms with Crippen LogP contribution in [0.5, 0.6) is 0 Å². The quantitative estimate of drug-likeness (QED) is 0.110. The summed E-state index contributed by atoms with van der Waals surface area (Å²) in [7, 11) is -12.7. The van der Waals surface area contributed by atoms with Gasteiger partial charge in [0, 0.05) is 39.3 Å². The Morgan fingerprint density at radius 2 is 0.521 bits per heavy atom. The van der Waals surface area contributed by atoms with Gasteiger partial charge in [0.2, 0.25) is 30.1 Å². The van der Waals surface area contributed by atoms with Crippen molar-refractivity contribution in [1.82, 2.24) is 12.9 Å². The van der Waals surface area contributed by atoms with Crippen molar-refractivity contribution >= 4 is 30.1 Å². The lowest BCUT2D eigenvalue weighted by molar-refractivity contribution is 0.419. The Balaban J connectivity index is 1.83. The van der Waals surface area contributed by atoms with E-state index in [2.05, 4.69) is 41.5 Å². The Morgan fingerprint density at radius 3 is 0.726 bits per heavy atom. The largest absolute Gasteiger partial charge is 0.244 e. The van der Waals surface area contributed by atoms with Crippen LogP contribution in [0.4, 0.5) is 0 Å². The Hall–Kier alpha value is -3.91. The van der Waals surface area contributed by atoms with Crippen LogP contribution in [0.3, 0.4) is 0 Å². The van der Waals surface area contributed by atoms with E-state index in [1.165, 1.54) is 12.9 Å². The van der Waals surface area contributed by atoms with Crippen molar-refractivity contribution in [3.8, 4) is 0 Å². The molecule has 0 amide bonds. The van der Waals surface area contributed by atoms with Crippen LogP contribution in [-0.4, -0.2) is 64.3 Å². The normalized spacial score (nSPS) is 16.7. The monoisotopic (exact) mass is 1060 g/mol. The summed E-state index contributed by atoms with van der Waals surface area (Å²) in [5.74, 6) is -0.109. The van der Waals surface area contributed by atoms with E-state index < -0.39 is 30.1 Å². The van der Waals surface area contributed by atoms with Crippen molar-refractivity contribution in [2.45, 2.75) is 206 Å². The van der Waals surface area contributed by atoms with Crippen LogP contribution >= 0.6 is 0 Å². The van der Waals surface area contributed by atoms with E-state index in [9.17, 15) is 0 Å². The molecule has 4 aromatic rings. The Morgan fingerprint density at radius 1 is 0.315 bits per heavy atom. The second kappa shape index (κ2) is 24.4. The first kappa shape index (κ1) is 60.0.